The van der Waals surface area contributed by atoms with Crippen molar-refractivity contribution in [2.24, 2.45) is 0 Å². The molecule has 0 atom stereocenters. The van der Waals surface area contributed by atoms with Gasteiger partial charge in [-0.2, -0.15) is 15.8 Å². The summed E-state index contributed by atoms with van der Waals surface area (Å²) in [5, 5.41) is 42.8. The standard InChI is InChI=1S/C57H30N6S/c58-31-34-25-27-35(28-26-34)52-55(61-45-19-7-1-13-36(45)37-14-2-8-20-46(37)61)43(32-59)54(44(33-60)56(52)62-47-21-9-3-15-38(47)39-16-4-10-22-48(39)62)63-49-23-11-5-18-42(49)53-50(63)30-29-41-40-17-6-12-24-51(40)64-57(41)53/h1-30H. The van der Waals surface area contributed by atoms with E-state index in [9.17, 15) is 15.8 Å². The number of thiophene rings is 1. The normalized spacial score (nSPS) is 11.7. The molecule has 4 aromatic heterocycles. The molecule has 0 unspecified atom stereocenters. The number of para-hydroxylation sites is 5. The number of hydrogen-bond acceptors (Lipinski definition) is 4. The second-order valence-corrected chi connectivity index (χ2v) is 17.2. The van der Waals surface area contributed by atoms with E-state index in [2.05, 4.69) is 135 Å². The van der Waals surface area contributed by atoms with Gasteiger partial charge >= 0.3 is 0 Å². The maximum atomic E-state index is 12.1. The van der Waals surface area contributed by atoms with E-state index in [1.165, 1.54) is 15.5 Å². The predicted octanol–water partition coefficient (Wildman–Crippen LogP) is 14.6. The molecule has 7 heteroatoms. The van der Waals surface area contributed by atoms with Crippen LogP contribution >= 0.6 is 11.3 Å². The van der Waals surface area contributed by atoms with Crippen LogP contribution in [0.3, 0.4) is 0 Å². The highest BCUT2D eigenvalue weighted by Gasteiger charge is 2.33. The van der Waals surface area contributed by atoms with Gasteiger partial charge in [0.25, 0.3) is 0 Å². The van der Waals surface area contributed by atoms with E-state index in [1.807, 2.05) is 78.9 Å². The molecule has 0 saturated carbocycles. The molecule has 294 valence electrons. The first-order valence-corrected chi connectivity index (χ1v) is 21.9. The van der Waals surface area contributed by atoms with Gasteiger partial charge in [-0.15, -0.1) is 11.3 Å². The minimum atomic E-state index is 0.353. The van der Waals surface area contributed by atoms with Crippen molar-refractivity contribution in [1.29, 1.82) is 15.8 Å². The molecule has 9 aromatic carbocycles. The van der Waals surface area contributed by atoms with Gasteiger partial charge in [-0.05, 0) is 60.2 Å². The fourth-order valence-electron chi connectivity index (χ4n) is 10.4. The van der Waals surface area contributed by atoms with E-state index in [0.29, 0.717) is 39.3 Å². The molecular weight excluding hydrogens is 801 g/mol. The first kappa shape index (κ1) is 35.8. The Balaban J connectivity index is 1.33. The van der Waals surface area contributed by atoms with Crippen molar-refractivity contribution < 1.29 is 0 Å². The Kier molecular flexibility index (Phi) is 7.57. The van der Waals surface area contributed by atoms with Crippen LogP contribution < -0.4 is 0 Å². The van der Waals surface area contributed by atoms with Crippen LogP contribution in [0.4, 0.5) is 0 Å². The molecule has 0 amide bonds. The number of fused-ring (bicyclic) bond motifs is 13. The zero-order valence-corrected chi connectivity index (χ0v) is 34.7. The Labute approximate surface area is 369 Å². The number of rotatable bonds is 4. The van der Waals surface area contributed by atoms with E-state index in [0.717, 1.165) is 75.7 Å². The van der Waals surface area contributed by atoms with Gasteiger partial charge in [-0.25, -0.2) is 0 Å². The number of nitriles is 3. The van der Waals surface area contributed by atoms with E-state index < -0.39 is 0 Å². The number of aromatic nitrogens is 3. The third kappa shape index (κ3) is 4.75. The maximum absolute atomic E-state index is 12.1. The molecule has 13 aromatic rings. The van der Waals surface area contributed by atoms with Crippen molar-refractivity contribution in [1.82, 2.24) is 13.7 Å². The largest absolute Gasteiger partial charge is 0.307 e. The summed E-state index contributed by atoms with van der Waals surface area (Å²) in [6.07, 6.45) is 0. The van der Waals surface area contributed by atoms with Crippen LogP contribution in [0.25, 0.3) is 114 Å². The molecule has 0 saturated heterocycles. The lowest BCUT2D eigenvalue weighted by Crippen LogP contribution is -2.14. The molecule has 64 heavy (non-hydrogen) atoms. The summed E-state index contributed by atoms with van der Waals surface area (Å²) in [6, 6.07) is 69.8. The summed E-state index contributed by atoms with van der Waals surface area (Å²) in [7, 11) is 0. The first-order chi connectivity index (χ1) is 31.7. The summed E-state index contributed by atoms with van der Waals surface area (Å²) in [6.45, 7) is 0. The lowest BCUT2D eigenvalue weighted by molar-refractivity contribution is 1.08. The summed E-state index contributed by atoms with van der Waals surface area (Å²) in [5.41, 5.74) is 9.96. The fraction of sp³-hybridized carbons (Fsp3) is 0. The third-order valence-corrected chi connectivity index (χ3v) is 14.2. The fourth-order valence-corrected chi connectivity index (χ4v) is 11.6. The van der Waals surface area contributed by atoms with E-state index in [1.54, 1.807) is 11.3 Å². The molecule has 0 bridgehead atoms. The van der Waals surface area contributed by atoms with Crippen molar-refractivity contribution in [3.63, 3.8) is 0 Å². The van der Waals surface area contributed by atoms with Crippen LogP contribution in [0.5, 0.6) is 0 Å². The molecule has 6 nitrogen and oxygen atoms in total. The average Bonchev–Trinajstić information content (AvgIpc) is 4.09. The van der Waals surface area contributed by atoms with Crippen molar-refractivity contribution in [3.05, 3.63) is 199 Å². The molecule has 0 radical (unpaired) electrons. The molecule has 0 aliphatic carbocycles. The molecule has 0 spiro atoms. The van der Waals surface area contributed by atoms with Gasteiger partial charge in [0.05, 0.1) is 61.8 Å². The Hall–Kier alpha value is -8.93. The smallest absolute Gasteiger partial charge is 0.104 e. The van der Waals surface area contributed by atoms with Gasteiger partial charge in [-0.3, -0.25) is 0 Å². The van der Waals surface area contributed by atoms with Crippen molar-refractivity contribution in [2.45, 2.75) is 0 Å². The molecular formula is C57H30N6S. The van der Waals surface area contributed by atoms with Crippen LogP contribution in [-0.2, 0) is 0 Å². The third-order valence-electron chi connectivity index (χ3n) is 13.0. The zero-order chi connectivity index (χ0) is 42.6. The van der Waals surface area contributed by atoms with Crippen LogP contribution in [0.1, 0.15) is 16.7 Å². The van der Waals surface area contributed by atoms with E-state index >= 15 is 0 Å². The SMILES string of the molecule is N#Cc1ccc(-c2c(-n3c4ccccc4c4ccccc43)c(C#N)c(-n3c4ccccc4c4c5sc6ccccc6c5ccc43)c(C#N)c2-n2c3ccccc3c3ccccc32)cc1. The van der Waals surface area contributed by atoms with Gasteiger partial charge in [0.1, 0.15) is 23.3 Å². The van der Waals surface area contributed by atoms with Crippen LogP contribution in [0.2, 0.25) is 0 Å². The number of hydrogen-bond donors (Lipinski definition) is 0. The quantitative estimate of drug-likeness (QED) is 0.177. The molecule has 0 N–H and O–H groups in total. The van der Waals surface area contributed by atoms with E-state index in [4.69, 9.17) is 0 Å². The van der Waals surface area contributed by atoms with Crippen LogP contribution in [0, 0.1) is 34.0 Å². The molecule has 4 heterocycles. The number of nitrogens with zero attached hydrogens (tertiary/aromatic N) is 6. The topological polar surface area (TPSA) is 86.2 Å². The van der Waals surface area contributed by atoms with Crippen molar-refractivity contribution in [3.8, 4) is 46.4 Å². The summed E-state index contributed by atoms with van der Waals surface area (Å²) in [5.74, 6) is 0. The average molecular weight is 831 g/mol. The zero-order valence-electron chi connectivity index (χ0n) is 33.9. The first-order valence-electron chi connectivity index (χ1n) is 21.0. The Morgan fingerprint density at radius 1 is 0.344 bits per heavy atom. The van der Waals surface area contributed by atoms with Gasteiger partial charge in [0.15, 0.2) is 0 Å². The van der Waals surface area contributed by atoms with E-state index in [-0.39, 0.29) is 0 Å². The number of benzene rings is 9. The monoisotopic (exact) mass is 830 g/mol. The summed E-state index contributed by atoms with van der Waals surface area (Å²) in [4.78, 5) is 0. The van der Waals surface area contributed by atoms with Crippen LogP contribution in [0.15, 0.2) is 182 Å². The van der Waals surface area contributed by atoms with Crippen molar-refractivity contribution >= 4 is 96.9 Å². The molecule has 0 fully saturated rings. The second-order valence-electron chi connectivity index (χ2n) is 16.1. The lowest BCUT2D eigenvalue weighted by atomic mass is 9.91. The van der Waals surface area contributed by atoms with Gasteiger partial charge in [-0.1, -0.05) is 127 Å². The Morgan fingerprint density at radius 3 is 1.25 bits per heavy atom. The Bertz CT molecular complexity index is 4030. The predicted molar refractivity (Wildman–Crippen MR) is 262 cm³/mol. The highest BCUT2D eigenvalue weighted by atomic mass is 32.1. The Morgan fingerprint density at radius 2 is 0.766 bits per heavy atom. The van der Waals surface area contributed by atoms with Crippen LogP contribution in [-0.4, -0.2) is 13.7 Å². The summed E-state index contributed by atoms with van der Waals surface area (Å²) < 4.78 is 8.97. The maximum Gasteiger partial charge on any atom is 0.104 e. The minimum absolute atomic E-state index is 0.353. The van der Waals surface area contributed by atoms with Gasteiger partial charge in [0.2, 0.25) is 0 Å². The van der Waals surface area contributed by atoms with Crippen molar-refractivity contribution in [2.75, 3.05) is 0 Å². The van der Waals surface area contributed by atoms with Gasteiger partial charge in [0, 0.05) is 58.1 Å². The molecule has 0 aliphatic heterocycles. The molecule has 13 rings (SSSR count). The summed E-state index contributed by atoms with van der Waals surface area (Å²) >= 11 is 1.77. The minimum Gasteiger partial charge on any atom is -0.307 e. The highest BCUT2D eigenvalue weighted by molar-refractivity contribution is 7.26. The van der Waals surface area contributed by atoms with Gasteiger partial charge < -0.3 is 13.7 Å². The highest BCUT2D eigenvalue weighted by Crippen LogP contribution is 2.50. The lowest BCUT2D eigenvalue weighted by Gasteiger charge is -2.26. The second kappa shape index (κ2) is 13.5. The molecule has 0 aliphatic rings.